The fourth-order valence-corrected chi connectivity index (χ4v) is 4.01. The average molecular weight is 326 g/mol. The molecule has 1 rings (SSSR count). The van der Waals surface area contributed by atoms with Crippen molar-refractivity contribution in [1.29, 1.82) is 0 Å². The van der Waals surface area contributed by atoms with E-state index in [-0.39, 0.29) is 17.3 Å². The zero-order valence-corrected chi connectivity index (χ0v) is 15.1. The predicted octanol–water partition coefficient (Wildman–Crippen LogP) is 2.03. The summed E-state index contributed by atoms with van der Waals surface area (Å²) in [6.45, 7) is 11.7. The van der Waals surface area contributed by atoms with Crippen LogP contribution in [0.2, 0.25) is 0 Å². The summed E-state index contributed by atoms with van der Waals surface area (Å²) >= 11 is 0. The van der Waals surface area contributed by atoms with E-state index in [2.05, 4.69) is 10.0 Å². The zero-order chi connectivity index (χ0) is 17.1. The molecule has 124 valence electrons. The van der Waals surface area contributed by atoms with Gasteiger partial charge in [-0.25, -0.2) is 13.1 Å². The second-order valence-electron chi connectivity index (χ2n) is 5.63. The predicted molar refractivity (Wildman–Crippen MR) is 88.6 cm³/mol. The van der Waals surface area contributed by atoms with Gasteiger partial charge < -0.3 is 5.32 Å². The maximum absolute atomic E-state index is 12.6. The number of benzene rings is 1. The molecule has 1 aromatic rings. The quantitative estimate of drug-likeness (QED) is 0.840. The number of rotatable bonds is 6. The number of amides is 1. The van der Waals surface area contributed by atoms with Crippen LogP contribution >= 0.6 is 0 Å². The van der Waals surface area contributed by atoms with Crippen molar-refractivity contribution in [3.63, 3.8) is 0 Å². The van der Waals surface area contributed by atoms with Gasteiger partial charge in [-0.2, -0.15) is 0 Å². The highest BCUT2D eigenvalue weighted by atomic mass is 32.2. The fraction of sp³-hybridized carbons (Fsp3) is 0.562. The van der Waals surface area contributed by atoms with Crippen molar-refractivity contribution in [3.05, 3.63) is 27.8 Å². The Bertz CT molecular complexity index is 650. The Hall–Kier alpha value is -1.40. The summed E-state index contributed by atoms with van der Waals surface area (Å²) in [4.78, 5) is 11.9. The largest absolute Gasteiger partial charge is 0.355 e. The molecule has 0 saturated heterocycles. The van der Waals surface area contributed by atoms with E-state index in [0.29, 0.717) is 6.54 Å². The first-order valence-electron chi connectivity index (χ1n) is 7.46. The summed E-state index contributed by atoms with van der Waals surface area (Å²) in [7, 11) is -3.71. The summed E-state index contributed by atoms with van der Waals surface area (Å²) in [5, 5.41) is 2.65. The van der Waals surface area contributed by atoms with Crippen LogP contribution in [0.4, 0.5) is 0 Å². The van der Waals surface area contributed by atoms with Crippen molar-refractivity contribution >= 4 is 15.9 Å². The van der Waals surface area contributed by atoms with E-state index in [1.165, 1.54) is 0 Å². The maximum Gasteiger partial charge on any atom is 0.241 e. The summed E-state index contributed by atoms with van der Waals surface area (Å²) in [5.41, 5.74) is 4.52. The number of sulfonamides is 1. The van der Waals surface area contributed by atoms with E-state index < -0.39 is 10.0 Å². The molecule has 1 amide bonds. The van der Waals surface area contributed by atoms with Gasteiger partial charge >= 0.3 is 0 Å². The second kappa shape index (κ2) is 7.24. The molecule has 0 unspecified atom stereocenters. The highest BCUT2D eigenvalue weighted by Crippen LogP contribution is 2.29. The third-order valence-electron chi connectivity index (χ3n) is 4.19. The van der Waals surface area contributed by atoms with Gasteiger partial charge in [0.15, 0.2) is 0 Å². The van der Waals surface area contributed by atoms with Crippen LogP contribution in [0.1, 0.15) is 41.2 Å². The van der Waals surface area contributed by atoms with Crippen molar-refractivity contribution < 1.29 is 13.2 Å². The number of hydrogen-bond donors (Lipinski definition) is 2. The Kier molecular flexibility index (Phi) is 6.14. The Balaban J connectivity index is 3.12. The van der Waals surface area contributed by atoms with Crippen molar-refractivity contribution in [3.8, 4) is 0 Å². The van der Waals surface area contributed by atoms with E-state index in [1.54, 1.807) is 13.8 Å². The molecule has 1 aromatic carbocycles. The summed E-state index contributed by atoms with van der Waals surface area (Å²) in [6.07, 6.45) is 0.813. The molecule has 0 atom stereocenters. The van der Waals surface area contributed by atoms with Crippen LogP contribution in [-0.2, 0) is 14.8 Å². The molecule has 6 heteroatoms. The minimum atomic E-state index is -3.71. The Morgan fingerprint density at radius 3 is 1.82 bits per heavy atom. The SMILES string of the molecule is CCCNC(=O)CNS(=O)(=O)c1c(C)c(C)c(C)c(C)c1C. The van der Waals surface area contributed by atoms with E-state index >= 15 is 0 Å². The molecular weight excluding hydrogens is 300 g/mol. The molecule has 0 bridgehead atoms. The number of carbonyl (C=O) groups excluding carboxylic acids is 1. The van der Waals surface area contributed by atoms with Crippen LogP contribution in [0, 0.1) is 34.6 Å². The maximum atomic E-state index is 12.6. The molecule has 0 aromatic heterocycles. The van der Waals surface area contributed by atoms with Crippen LogP contribution in [0.5, 0.6) is 0 Å². The molecule has 22 heavy (non-hydrogen) atoms. The van der Waals surface area contributed by atoms with Crippen molar-refractivity contribution in [2.75, 3.05) is 13.1 Å². The van der Waals surface area contributed by atoms with Crippen LogP contribution in [0.15, 0.2) is 4.90 Å². The molecule has 0 radical (unpaired) electrons. The van der Waals surface area contributed by atoms with E-state index in [0.717, 1.165) is 34.2 Å². The first-order valence-corrected chi connectivity index (χ1v) is 8.95. The second-order valence-corrected chi connectivity index (χ2v) is 7.33. The van der Waals surface area contributed by atoms with Gasteiger partial charge in [0.05, 0.1) is 11.4 Å². The van der Waals surface area contributed by atoms with E-state index in [4.69, 9.17) is 0 Å². The van der Waals surface area contributed by atoms with Gasteiger partial charge in [0.1, 0.15) is 0 Å². The lowest BCUT2D eigenvalue weighted by molar-refractivity contribution is -0.119. The minimum absolute atomic E-state index is 0.243. The van der Waals surface area contributed by atoms with Gasteiger partial charge in [-0.15, -0.1) is 0 Å². The fourth-order valence-electron chi connectivity index (χ4n) is 2.43. The molecular formula is C16H26N2O3S. The lowest BCUT2D eigenvalue weighted by Gasteiger charge is -2.19. The first kappa shape index (κ1) is 18.6. The van der Waals surface area contributed by atoms with Crippen LogP contribution in [0.3, 0.4) is 0 Å². The van der Waals surface area contributed by atoms with Crippen LogP contribution < -0.4 is 10.0 Å². The van der Waals surface area contributed by atoms with Crippen molar-refractivity contribution in [2.24, 2.45) is 0 Å². The normalized spacial score (nSPS) is 11.5. The van der Waals surface area contributed by atoms with Crippen molar-refractivity contribution in [1.82, 2.24) is 10.0 Å². The molecule has 0 heterocycles. The molecule has 0 aliphatic heterocycles. The average Bonchev–Trinajstić information content (AvgIpc) is 2.46. The standard InChI is InChI=1S/C16H26N2O3S/c1-7-8-17-15(19)9-18-22(20,21)16-13(5)11(3)10(2)12(4)14(16)6/h18H,7-9H2,1-6H3,(H,17,19). The minimum Gasteiger partial charge on any atom is -0.355 e. The Labute approximate surface area is 133 Å². The smallest absolute Gasteiger partial charge is 0.241 e. The van der Waals surface area contributed by atoms with Crippen molar-refractivity contribution in [2.45, 2.75) is 52.9 Å². The highest BCUT2D eigenvalue weighted by molar-refractivity contribution is 7.89. The summed E-state index contributed by atoms with van der Waals surface area (Å²) in [5.74, 6) is -0.318. The topological polar surface area (TPSA) is 75.3 Å². The Morgan fingerprint density at radius 2 is 1.36 bits per heavy atom. The number of nitrogens with one attached hydrogen (secondary N) is 2. The zero-order valence-electron chi connectivity index (χ0n) is 14.3. The molecule has 0 aliphatic rings. The molecule has 0 aliphatic carbocycles. The number of hydrogen-bond acceptors (Lipinski definition) is 3. The third kappa shape index (κ3) is 3.87. The van der Waals surface area contributed by atoms with Gasteiger partial charge in [0.25, 0.3) is 0 Å². The molecule has 5 nitrogen and oxygen atoms in total. The monoisotopic (exact) mass is 326 g/mol. The van der Waals surface area contributed by atoms with Crippen LogP contribution in [0.25, 0.3) is 0 Å². The Morgan fingerprint density at radius 1 is 0.909 bits per heavy atom. The van der Waals surface area contributed by atoms with Gasteiger partial charge in [0.2, 0.25) is 15.9 Å². The van der Waals surface area contributed by atoms with Gasteiger partial charge in [-0.1, -0.05) is 6.92 Å². The lowest BCUT2D eigenvalue weighted by atomic mass is 9.95. The lowest BCUT2D eigenvalue weighted by Crippen LogP contribution is -2.37. The molecule has 0 fully saturated rings. The van der Waals surface area contributed by atoms with Gasteiger partial charge in [-0.05, 0) is 68.9 Å². The van der Waals surface area contributed by atoms with Gasteiger partial charge in [0, 0.05) is 6.54 Å². The van der Waals surface area contributed by atoms with Crippen LogP contribution in [-0.4, -0.2) is 27.4 Å². The van der Waals surface area contributed by atoms with E-state index in [9.17, 15) is 13.2 Å². The van der Waals surface area contributed by atoms with Gasteiger partial charge in [-0.3, -0.25) is 4.79 Å². The highest BCUT2D eigenvalue weighted by Gasteiger charge is 2.23. The molecule has 0 saturated carbocycles. The third-order valence-corrected chi connectivity index (χ3v) is 5.87. The van der Waals surface area contributed by atoms with E-state index in [1.807, 2.05) is 27.7 Å². The summed E-state index contributed by atoms with van der Waals surface area (Å²) < 4.78 is 27.6. The number of carbonyl (C=O) groups is 1. The molecule has 2 N–H and O–H groups in total. The first-order chi connectivity index (χ1) is 10.1. The molecule has 0 spiro atoms. The summed E-state index contributed by atoms with van der Waals surface area (Å²) in [6, 6.07) is 0.